The van der Waals surface area contributed by atoms with Crippen molar-refractivity contribution < 1.29 is 4.79 Å². The maximum absolute atomic E-state index is 12.5. The smallest absolute Gasteiger partial charge is 0.272 e. The highest BCUT2D eigenvalue weighted by molar-refractivity contribution is 7.15. The Bertz CT molecular complexity index is 969. The van der Waals surface area contributed by atoms with Gasteiger partial charge in [0.25, 0.3) is 5.91 Å². The van der Waals surface area contributed by atoms with E-state index in [0.717, 1.165) is 41.3 Å². The molecule has 0 bridgehead atoms. The molecule has 9 heteroatoms. The van der Waals surface area contributed by atoms with Crippen LogP contribution in [0.2, 0.25) is 0 Å². The zero-order valence-electron chi connectivity index (χ0n) is 15.7. The summed E-state index contributed by atoms with van der Waals surface area (Å²) in [7, 11) is 0. The number of fused-ring (bicyclic) bond motifs is 1. The summed E-state index contributed by atoms with van der Waals surface area (Å²) in [5.41, 5.74) is 5.91. The number of halogens is 2. The lowest BCUT2D eigenvalue weighted by Crippen LogP contribution is -2.29. The van der Waals surface area contributed by atoms with Gasteiger partial charge in [-0.25, -0.2) is 0 Å². The summed E-state index contributed by atoms with van der Waals surface area (Å²) in [6.07, 6.45) is 2.90. The van der Waals surface area contributed by atoms with Crippen molar-refractivity contribution in [2.45, 2.75) is 33.4 Å². The molecule has 4 heterocycles. The largest absolute Gasteiger partial charge is 0.346 e. The van der Waals surface area contributed by atoms with Gasteiger partial charge in [0, 0.05) is 29.9 Å². The van der Waals surface area contributed by atoms with Gasteiger partial charge in [-0.2, -0.15) is 5.10 Å². The van der Waals surface area contributed by atoms with Crippen LogP contribution in [0.5, 0.6) is 0 Å². The fourth-order valence-corrected chi connectivity index (χ4v) is 4.11. The quantitative estimate of drug-likeness (QED) is 0.579. The molecule has 0 saturated carbocycles. The number of pyridine rings is 1. The highest BCUT2D eigenvalue weighted by Crippen LogP contribution is 2.26. The molecule has 28 heavy (non-hydrogen) atoms. The normalized spacial score (nSPS) is 12.5. The van der Waals surface area contributed by atoms with Crippen LogP contribution in [0.3, 0.4) is 0 Å². The maximum Gasteiger partial charge on any atom is 0.272 e. The molecule has 6 nitrogen and oxygen atoms in total. The third kappa shape index (κ3) is 4.55. The first-order chi connectivity index (χ1) is 12.6. The first-order valence-corrected chi connectivity index (χ1v) is 9.51. The third-order valence-electron chi connectivity index (χ3n) is 4.71. The predicted molar refractivity (Wildman–Crippen MR) is 117 cm³/mol. The second-order valence-corrected chi connectivity index (χ2v) is 7.80. The highest BCUT2D eigenvalue weighted by Gasteiger charge is 2.17. The van der Waals surface area contributed by atoms with E-state index in [9.17, 15) is 4.79 Å². The Morgan fingerprint density at radius 3 is 2.86 bits per heavy atom. The van der Waals surface area contributed by atoms with Gasteiger partial charge in [-0.15, -0.1) is 36.2 Å². The summed E-state index contributed by atoms with van der Waals surface area (Å²) in [5, 5.41) is 13.5. The zero-order valence-corrected chi connectivity index (χ0v) is 18.1. The van der Waals surface area contributed by atoms with Crippen LogP contribution in [0.25, 0.3) is 10.6 Å². The summed E-state index contributed by atoms with van der Waals surface area (Å²) in [6, 6.07) is 5.90. The number of nitrogens with one attached hydrogen (secondary N) is 3. The van der Waals surface area contributed by atoms with Gasteiger partial charge in [0.15, 0.2) is 5.69 Å². The van der Waals surface area contributed by atoms with Gasteiger partial charge in [0.05, 0.1) is 10.6 Å². The Morgan fingerprint density at radius 2 is 2.11 bits per heavy atom. The molecule has 150 valence electrons. The number of hydrogen-bond donors (Lipinski definition) is 3. The number of aromatic amines is 1. The summed E-state index contributed by atoms with van der Waals surface area (Å²) in [6.45, 7) is 6.33. The molecule has 1 amide bonds. The number of nitrogens with zero attached hydrogens (tertiary/aromatic N) is 2. The average molecular weight is 440 g/mol. The first-order valence-electron chi connectivity index (χ1n) is 8.69. The van der Waals surface area contributed by atoms with E-state index in [1.54, 1.807) is 17.4 Å². The van der Waals surface area contributed by atoms with Gasteiger partial charge in [0.1, 0.15) is 0 Å². The van der Waals surface area contributed by atoms with Gasteiger partial charge in [-0.1, -0.05) is 0 Å². The molecule has 0 aromatic carbocycles. The number of thiophene rings is 1. The lowest BCUT2D eigenvalue weighted by molar-refractivity contribution is 0.0945. The minimum Gasteiger partial charge on any atom is -0.346 e. The number of aryl methyl sites for hydroxylation is 2. The van der Waals surface area contributed by atoms with Gasteiger partial charge in [-0.05, 0) is 61.7 Å². The number of carbonyl (C=O) groups excluding carboxylic acids is 1. The van der Waals surface area contributed by atoms with Crippen LogP contribution in [0, 0.1) is 13.8 Å². The van der Waals surface area contributed by atoms with Gasteiger partial charge in [0.2, 0.25) is 0 Å². The number of carbonyl (C=O) groups is 1. The highest BCUT2D eigenvalue weighted by atomic mass is 35.5. The second kappa shape index (κ2) is 9.52. The predicted octanol–water partition coefficient (Wildman–Crippen LogP) is 3.57. The van der Waals surface area contributed by atoms with Crippen LogP contribution in [0.1, 0.15) is 37.7 Å². The molecule has 0 atom stereocenters. The lowest BCUT2D eigenvalue weighted by atomic mass is 9.96. The van der Waals surface area contributed by atoms with E-state index in [1.807, 2.05) is 19.2 Å². The van der Waals surface area contributed by atoms with E-state index in [0.29, 0.717) is 12.2 Å². The molecule has 3 N–H and O–H groups in total. The molecular formula is C19H23Cl2N5OS. The maximum atomic E-state index is 12.5. The molecule has 0 fully saturated rings. The molecule has 1 aliphatic rings. The van der Waals surface area contributed by atoms with Crippen molar-refractivity contribution in [3.05, 3.63) is 57.4 Å². The molecular weight excluding hydrogens is 417 g/mol. The molecule has 0 unspecified atom stereocenters. The van der Waals surface area contributed by atoms with Crippen LogP contribution >= 0.6 is 36.2 Å². The summed E-state index contributed by atoms with van der Waals surface area (Å²) < 4.78 is 0. The van der Waals surface area contributed by atoms with Crippen molar-refractivity contribution in [2.24, 2.45) is 0 Å². The van der Waals surface area contributed by atoms with Crippen molar-refractivity contribution in [3.8, 4) is 10.6 Å². The molecule has 0 aliphatic carbocycles. The van der Waals surface area contributed by atoms with E-state index >= 15 is 0 Å². The molecule has 1 aliphatic heterocycles. The number of H-pyrrole nitrogens is 1. The Kier molecular flexibility index (Phi) is 7.60. The number of aromatic nitrogens is 3. The summed E-state index contributed by atoms with van der Waals surface area (Å²) >= 11 is 1.68. The van der Waals surface area contributed by atoms with Gasteiger partial charge < -0.3 is 10.6 Å². The number of rotatable bonds is 4. The summed E-state index contributed by atoms with van der Waals surface area (Å²) in [4.78, 5) is 19.3. The zero-order chi connectivity index (χ0) is 18.1. The Balaban J connectivity index is 0.00000140. The minimum absolute atomic E-state index is 0. The first kappa shape index (κ1) is 22.4. The SMILES string of the molecule is Cc1ccc(-c2cc(C(=O)NCc3c(C)ncc4c3CCNC4)n[nH]2)s1.Cl.Cl. The van der Waals surface area contributed by atoms with E-state index < -0.39 is 0 Å². The Hall–Kier alpha value is -1.93. The van der Waals surface area contributed by atoms with Gasteiger partial charge >= 0.3 is 0 Å². The van der Waals surface area contributed by atoms with Crippen molar-refractivity contribution in [1.29, 1.82) is 0 Å². The fourth-order valence-electron chi connectivity index (χ4n) is 3.28. The Labute approximate surface area is 180 Å². The second-order valence-electron chi connectivity index (χ2n) is 6.51. The lowest BCUT2D eigenvalue weighted by Gasteiger charge is -2.21. The van der Waals surface area contributed by atoms with Crippen molar-refractivity contribution in [1.82, 2.24) is 25.8 Å². The van der Waals surface area contributed by atoms with Crippen LogP contribution in [-0.4, -0.2) is 27.6 Å². The van der Waals surface area contributed by atoms with Crippen molar-refractivity contribution in [2.75, 3.05) is 6.54 Å². The van der Waals surface area contributed by atoms with Crippen LogP contribution in [0.4, 0.5) is 0 Å². The van der Waals surface area contributed by atoms with Gasteiger partial charge in [-0.3, -0.25) is 14.9 Å². The third-order valence-corrected chi connectivity index (χ3v) is 5.75. The molecule has 0 radical (unpaired) electrons. The standard InChI is InChI=1S/C19H21N5OS.2ClH/c1-11-3-4-18(26-11)16-7-17(24-23-16)19(25)22-10-15-12(2)21-9-13-8-20-6-5-14(13)15;;/h3-4,7,9,20H,5-6,8,10H2,1-2H3,(H,22,25)(H,23,24);2*1H. The van der Waals surface area contributed by atoms with Crippen LogP contribution in [-0.2, 0) is 19.5 Å². The van der Waals surface area contributed by atoms with E-state index in [2.05, 4.69) is 38.8 Å². The molecule has 0 saturated heterocycles. The van der Waals surface area contributed by atoms with E-state index in [-0.39, 0.29) is 30.7 Å². The Morgan fingerprint density at radius 1 is 1.29 bits per heavy atom. The topological polar surface area (TPSA) is 82.7 Å². The molecule has 3 aromatic heterocycles. The van der Waals surface area contributed by atoms with Crippen LogP contribution < -0.4 is 10.6 Å². The van der Waals surface area contributed by atoms with Crippen LogP contribution in [0.15, 0.2) is 24.4 Å². The van der Waals surface area contributed by atoms with E-state index in [4.69, 9.17) is 0 Å². The summed E-state index contributed by atoms with van der Waals surface area (Å²) in [5.74, 6) is -0.174. The minimum atomic E-state index is -0.174. The van der Waals surface area contributed by atoms with Crippen molar-refractivity contribution in [3.63, 3.8) is 0 Å². The fraction of sp³-hybridized carbons (Fsp3) is 0.316. The molecule has 0 spiro atoms. The van der Waals surface area contributed by atoms with E-state index in [1.165, 1.54) is 16.0 Å². The van der Waals surface area contributed by atoms with Crippen molar-refractivity contribution >= 4 is 42.1 Å². The number of amides is 1. The monoisotopic (exact) mass is 439 g/mol. The molecule has 3 aromatic rings. The number of hydrogen-bond acceptors (Lipinski definition) is 5. The average Bonchev–Trinajstić information content (AvgIpc) is 3.29. The molecule has 4 rings (SSSR count).